The summed E-state index contributed by atoms with van der Waals surface area (Å²) in [6, 6.07) is 19.3. The Bertz CT molecular complexity index is 1250. The molecule has 2 aliphatic heterocycles. The lowest BCUT2D eigenvalue weighted by Crippen LogP contribution is -2.41. The number of amides is 2. The van der Waals surface area contributed by atoms with E-state index in [-0.39, 0.29) is 11.4 Å². The third-order valence-corrected chi connectivity index (χ3v) is 6.19. The first-order valence-corrected chi connectivity index (χ1v) is 10.2. The van der Waals surface area contributed by atoms with Crippen LogP contribution in [-0.4, -0.2) is 22.8 Å². The molecule has 0 N–H and O–H groups in total. The SMILES string of the molecule is CC12C(=O)N(c3ccc([N+](=O)[O-])cc3)C(=O)C1ON(c1ccccc1)C2c1ccc(F)cc1. The van der Waals surface area contributed by atoms with Crippen LogP contribution in [0.15, 0.2) is 78.9 Å². The van der Waals surface area contributed by atoms with Gasteiger partial charge >= 0.3 is 0 Å². The molecule has 0 bridgehead atoms. The number of anilines is 2. The maximum absolute atomic E-state index is 13.8. The van der Waals surface area contributed by atoms with Gasteiger partial charge in [0, 0.05) is 12.1 Å². The number of rotatable bonds is 4. The quantitative estimate of drug-likeness (QED) is 0.339. The highest BCUT2D eigenvalue weighted by Crippen LogP contribution is 2.55. The van der Waals surface area contributed by atoms with Crippen molar-refractivity contribution in [3.63, 3.8) is 0 Å². The van der Waals surface area contributed by atoms with Gasteiger partial charge in [0.25, 0.3) is 11.6 Å². The average Bonchev–Trinajstić information content (AvgIpc) is 3.23. The van der Waals surface area contributed by atoms with Crippen LogP contribution in [0.2, 0.25) is 0 Å². The highest BCUT2D eigenvalue weighted by molar-refractivity contribution is 6.25. The van der Waals surface area contributed by atoms with E-state index in [2.05, 4.69) is 0 Å². The molecule has 166 valence electrons. The molecule has 9 heteroatoms. The highest BCUT2D eigenvalue weighted by atomic mass is 19.1. The molecule has 0 spiro atoms. The molecule has 3 unspecified atom stereocenters. The lowest BCUT2D eigenvalue weighted by atomic mass is 9.76. The molecular formula is C24H18FN3O5. The number of nitrogens with zero attached hydrogens (tertiary/aromatic N) is 3. The Morgan fingerprint density at radius 3 is 2.18 bits per heavy atom. The molecule has 8 nitrogen and oxygen atoms in total. The zero-order valence-corrected chi connectivity index (χ0v) is 17.4. The van der Waals surface area contributed by atoms with Gasteiger partial charge in [-0.05, 0) is 48.9 Å². The lowest BCUT2D eigenvalue weighted by Gasteiger charge is -2.32. The number of hydrogen-bond acceptors (Lipinski definition) is 6. The second-order valence-electron chi connectivity index (χ2n) is 8.14. The fourth-order valence-electron chi connectivity index (χ4n) is 4.54. The number of hydroxylamine groups is 1. The summed E-state index contributed by atoms with van der Waals surface area (Å²) >= 11 is 0. The summed E-state index contributed by atoms with van der Waals surface area (Å²) in [5.41, 5.74) is -0.00670. The molecule has 0 radical (unpaired) electrons. The molecule has 3 atom stereocenters. The zero-order chi connectivity index (χ0) is 23.3. The van der Waals surface area contributed by atoms with E-state index in [9.17, 15) is 24.1 Å². The summed E-state index contributed by atoms with van der Waals surface area (Å²) in [6.07, 6.45) is -1.13. The third-order valence-electron chi connectivity index (χ3n) is 6.19. The first-order valence-electron chi connectivity index (χ1n) is 10.2. The number of nitro groups is 1. The Balaban J connectivity index is 1.60. The van der Waals surface area contributed by atoms with Gasteiger partial charge in [-0.3, -0.25) is 24.5 Å². The predicted molar refractivity (Wildman–Crippen MR) is 117 cm³/mol. The molecule has 0 aliphatic carbocycles. The zero-order valence-electron chi connectivity index (χ0n) is 17.4. The van der Waals surface area contributed by atoms with Gasteiger partial charge in [0.05, 0.1) is 22.3 Å². The smallest absolute Gasteiger partial charge is 0.269 e. The van der Waals surface area contributed by atoms with E-state index in [1.165, 1.54) is 41.5 Å². The van der Waals surface area contributed by atoms with Crippen LogP contribution in [0, 0.1) is 21.3 Å². The van der Waals surface area contributed by atoms with Crippen molar-refractivity contribution in [2.45, 2.75) is 19.1 Å². The molecular weight excluding hydrogens is 429 g/mol. The molecule has 33 heavy (non-hydrogen) atoms. The topological polar surface area (TPSA) is 93.0 Å². The van der Waals surface area contributed by atoms with E-state index in [0.717, 1.165) is 4.90 Å². The largest absolute Gasteiger partial charge is 0.273 e. The first kappa shape index (κ1) is 20.8. The Morgan fingerprint density at radius 1 is 0.939 bits per heavy atom. The first-order chi connectivity index (χ1) is 15.8. The van der Waals surface area contributed by atoms with Gasteiger partial charge in [0.15, 0.2) is 6.10 Å². The number of benzene rings is 3. The van der Waals surface area contributed by atoms with Crippen LogP contribution in [-0.2, 0) is 14.4 Å². The number of nitro benzene ring substituents is 1. The van der Waals surface area contributed by atoms with Gasteiger partial charge in [-0.2, -0.15) is 0 Å². The summed E-state index contributed by atoms with van der Waals surface area (Å²) in [6.45, 7) is 1.65. The molecule has 2 aliphatic rings. The van der Waals surface area contributed by atoms with Crippen LogP contribution < -0.4 is 9.96 Å². The molecule has 2 saturated heterocycles. The van der Waals surface area contributed by atoms with Crippen molar-refractivity contribution in [2.75, 3.05) is 9.96 Å². The molecule has 3 aromatic rings. The Kier molecular flexibility index (Phi) is 4.71. The van der Waals surface area contributed by atoms with Gasteiger partial charge in [-0.25, -0.2) is 14.4 Å². The van der Waals surface area contributed by atoms with E-state index in [1.54, 1.807) is 31.2 Å². The summed E-state index contributed by atoms with van der Waals surface area (Å²) < 4.78 is 13.6. The van der Waals surface area contributed by atoms with Gasteiger partial charge in [-0.15, -0.1) is 0 Å². The number of carbonyl (C=O) groups excluding carboxylic acids is 2. The minimum absolute atomic E-state index is 0.153. The van der Waals surface area contributed by atoms with E-state index >= 15 is 0 Å². The molecule has 3 aromatic carbocycles. The molecule has 5 rings (SSSR count). The van der Waals surface area contributed by atoms with E-state index < -0.39 is 40.1 Å². The highest BCUT2D eigenvalue weighted by Gasteiger charge is 2.68. The van der Waals surface area contributed by atoms with E-state index in [0.29, 0.717) is 11.3 Å². The fraction of sp³-hybridized carbons (Fsp3) is 0.167. The Labute approximate surface area is 187 Å². The van der Waals surface area contributed by atoms with Crippen LogP contribution in [0.1, 0.15) is 18.5 Å². The Morgan fingerprint density at radius 2 is 1.58 bits per heavy atom. The van der Waals surface area contributed by atoms with Crippen molar-refractivity contribution in [3.8, 4) is 0 Å². The Hall–Kier alpha value is -4.11. The number of para-hydroxylation sites is 1. The van der Waals surface area contributed by atoms with Gasteiger partial charge in [0.1, 0.15) is 11.2 Å². The number of imide groups is 1. The molecule has 0 aromatic heterocycles. The van der Waals surface area contributed by atoms with Crippen LogP contribution >= 0.6 is 0 Å². The lowest BCUT2D eigenvalue weighted by molar-refractivity contribution is -0.384. The van der Waals surface area contributed by atoms with Crippen molar-refractivity contribution in [1.29, 1.82) is 0 Å². The van der Waals surface area contributed by atoms with Gasteiger partial charge in [-0.1, -0.05) is 30.3 Å². The summed E-state index contributed by atoms with van der Waals surface area (Å²) in [4.78, 5) is 44.7. The third kappa shape index (κ3) is 3.08. The maximum Gasteiger partial charge on any atom is 0.269 e. The molecule has 2 amide bonds. The number of carbonyl (C=O) groups is 2. The van der Waals surface area contributed by atoms with Crippen molar-refractivity contribution < 1.29 is 23.7 Å². The van der Waals surface area contributed by atoms with Crippen molar-refractivity contribution in [2.24, 2.45) is 5.41 Å². The number of fused-ring (bicyclic) bond motifs is 1. The van der Waals surface area contributed by atoms with Crippen LogP contribution in [0.3, 0.4) is 0 Å². The van der Waals surface area contributed by atoms with E-state index in [1.807, 2.05) is 18.2 Å². The number of non-ortho nitro benzene ring substituents is 1. The number of hydrogen-bond donors (Lipinski definition) is 0. The summed E-state index contributed by atoms with van der Waals surface area (Å²) in [5, 5.41) is 12.5. The summed E-state index contributed by atoms with van der Waals surface area (Å²) in [5.74, 6) is -1.49. The number of halogens is 1. The molecule has 2 heterocycles. The molecule has 2 fully saturated rings. The van der Waals surface area contributed by atoms with Crippen LogP contribution in [0.5, 0.6) is 0 Å². The van der Waals surface area contributed by atoms with Crippen molar-refractivity contribution in [3.05, 3.63) is 100 Å². The predicted octanol–water partition coefficient (Wildman–Crippen LogP) is 4.18. The second kappa shape index (κ2) is 7.49. The summed E-state index contributed by atoms with van der Waals surface area (Å²) in [7, 11) is 0. The molecule has 0 saturated carbocycles. The standard InChI is InChI=1S/C24H18FN3O5/c1-24-20(15-7-9-16(25)10-8-15)27(18-5-3-2-4-6-18)33-21(24)22(29)26(23(24)30)17-11-13-19(14-12-17)28(31)32/h2-14,20-21H,1H3. The monoisotopic (exact) mass is 447 g/mol. The minimum Gasteiger partial charge on any atom is -0.273 e. The van der Waals surface area contributed by atoms with Crippen molar-refractivity contribution >= 4 is 28.9 Å². The maximum atomic E-state index is 13.8. The normalized spacial score (nSPS) is 24.3. The van der Waals surface area contributed by atoms with Crippen LogP contribution in [0.4, 0.5) is 21.5 Å². The van der Waals surface area contributed by atoms with Gasteiger partial charge in [0.2, 0.25) is 5.91 Å². The van der Waals surface area contributed by atoms with E-state index in [4.69, 9.17) is 4.84 Å². The minimum atomic E-state index is -1.33. The van der Waals surface area contributed by atoms with Crippen molar-refractivity contribution in [1.82, 2.24) is 0 Å². The van der Waals surface area contributed by atoms with Crippen LogP contribution in [0.25, 0.3) is 0 Å². The fourth-order valence-corrected chi connectivity index (χ4v) is 4.54. The second-order valence-corrected chi connectivity index (χ2v) is 8.14. The van der Waals surface area contributed by atoms with Gasteiger partial charge < -0.3 is 0 Å². The average molecular weight is 447 g/mol.